The van der Waals surface area contributed by atoms with Crippen molar-refractivity contribution in [1.82, 2.24) is 0 Å². The van der Waals surface area contributed by atoms with Crippen LogP contribution in [0.2, 0.25) is 0 Å². The largest absolute Gasteiger partial charge is 0.480 e. The van der Waals surface area contributed by atoms with Crippen LogP contribution in [0.4, 0.5) is 18.9 Å². The Morgan fingerprint density at radius 2 is 1.53 bits per heavy atom. The minimum absolute atomic E-state index is 0.0716. The van der Waals surface area contributed by atoms with E-state index in [-0.39, 0.29) is 5.69 Å². The fourth-order valence-electron chi connectivity index (χ4n) is 0.899. The molecule has 1 aromatic carbocycles. The number of hydrogen-bond acceptors (Lipinski definition) is 5. The second-order valence-electron chi connectivity index (χ2n) is 3.06. The second kappa shape index (κ2) is 4.76. The lowest BCUT2D eigenvalue weighted by atomic mass is 10.3. The van der Waals surface area contributed by atoms with Gasteiger partial charge in [0.1, 0.15) is 10.0 Å². The molecule has 104 valence electrons. The Kier molecular flexibility index (Phi) is 3.84. The Balaban J connectivity index is 3.17. The van der Waals surface area contributed by atoms with E-state index in [1.54, 1.807) is 0 Å². The topological polar surface area (TPSA) is 111 Å². The molecule has 0 atom stereocenters. The van der Waals surface area contributed by atoms with Gasteiger partial charge in [0, 0.05) is 17.0 Å². The van der Waals surface area contributed by atoms with Crippen molar-refractivity contribution in [3.05, 3.63) is 33.4 Å². The van der Waals surface area contributed by atoms with Gasteiger partial charge >= 0.3 is 11.2 Å². The van der Waals surface area contributed by atoms with Crippen LogP contribution in [0.3, 0.4) is 0 Å². The highest BCUT2D eigenvalue weighted by Crippen LogP contribution is 2.32. The molecule has 0 spiro atoms. The highest BCUT2D eigenvalue weighted by Gasteiger charge is 2.40. The van der Waals surface area contributed by atoms with Crippen molar-refractivity contribution in [3.8, 4) is 0 Å². The van der Waals surface area contributed by atoms with E-state index in [0.29, 0.717) is 0 Å². The van der Waals surface area contributed by atoms with E-state index in [1.165, 1.54) is 0 Å². The summed E-state index contributed by atoms with van der Waals surface area (Å²) in [5, 5.41) is 8.33. The first-order valence-corrected chi connectivity index (χ1v) is 7.13. The Morgan fingerprint density at radius 1 is 1.05 bits per heavy atom. The minimum Gasteiger partial charge on any atom is -0.424 e. The molecule has 0 bridgehead atoms. The van der Waals surface area contributed by atoms with Gasteiger partial charge in [0.05, 0.1) is 0 Å². The van der Waals surface area contributed by atoms with Gasteiger partial charge in [-0.1, -0.05) is 0 Å². The molecule has 0 radical (unpaired) electrons. The minimum atomic E-state index is -6.16. The van der Waals surface area contributed by atoms with Crippen molar-refractivity contribution in [3.63, 3.8) is 0 Å². The molecule has 7 nitrogen and oxygen atoms in total. The van der Waals surface area contributed by atoms with Crippen LogP contribution in [-0.4, -0.2) is 22.3 Å². The van der Waals surface area contributed by atoms with Gasteiger partial charge in [-0.3, -0.25) is 0 Å². The van der Waals surface area contributed by atoms with Gasteiger partial charge < -0.3 is 4.13 Å². The van der Waals surface area contributed by atoms with E-state index < -0.39 is 30.5 Å². The first kappa shape index (κ1) is 15.3. The maximum absolute atomic E-state index is 12.0. The highest BCUT2D eigenvalue weighted by molar-refractivity contribution is 8.12. The second-order valence-corrected chi connectivity index (χ2v) is 6.50. The van der Waals surface area contributed by atoms with Gasteiger partial charge in [0.2, 0.25) is 5.39 Å². The molecule has 0 aromatic heterocycles. The van der Waals surface area contributed by atoms with E-state index in [4.69, 9.17) is 5.39 Å². The fourth-order valence-corrected chi connectivity index (χ4v) is 3.10. The molecule has 0 saturated heterocycles. The molecule has 0 amide bonds. The maximum Gasteiger partial charge on any atom is 0.480 e. The number of rotatable bonds is 3. The van der Waals surface area contributed by atoms with Crippen LogP contribution in [0.5, 0.6) is 0 Å². The molecule has 0 N–H and O–H groups in total. The number of benzene rings is 1. The first-order valence-electron chi connectivity index (χ1n) is 4.25. The Morgan fingerprint density at radius 3 is 1.89 bits per heavy atom. The Labute approximate surface area is 105 Å². The summed E-state index contributed by atoms with van der Waals surface area (Å²) in [6.45, 7) is 0. The van der Waals surface area contributed by atoms with Crippen molar-refractivity contribution in [2.75, 3.05) is 0 Å². The summed E-state index contributed by atoms with van der Waals surface area (Å²) in [6, 6.07) is 3.39. The molecule has 0 aliphatic carbocycles. The lowest BCUT2D eigenvalue weighted by molar-refractivity contribution is -0.0425. The zero-order valence-electron chi connectivity index (χ0n) is 8.73. The molecule has 1 aromatic rings. The molecule has 0 unspecified atom stereocenters. The summed E-state index contributed by atoms with van der Waals surface area (Å²) in [5.74, 6) is 0. The first-order chi connectivity index (χ1) is 8.49. The van der Waals surface area contributed by atoms with E-state index >= 15 is 0 Å². The van der Waals surface area contributed by atoms with Crippen LogP contribution in [0.1, 0.15) is 0 Å². The van der Waals surface area contributed by atoms with Crippen LogP contribution in [0.25, 0.3) is 9.10 Å². The van der Waals surface area contributed by atoms with E-state index in [0.717, 1.165) is 24.3 Å². The maximum atomic E-state index is 12.0. The average Bonchev–Trinajstić information content (AvgIpc) is 2.26. The number of halogens is 3. The summed E-state index contributed by atoms with van der Waals surface area (Å²) in [6.07, 6.45) is 0. The molecular weight excluding hydrogens is 311 g/mol. The highest BCUT2D eigenvalue weighted by atomic mass is 32.3. The van der Waals surface area contributed by atoms with Crippen LogP contribution < -0.4 is 0 Å². The normalized spacial score (nSPS) is 12.9. The molecule has 0 fully saturated rings. The summed E-state index contributed by atoms with van der Waals surface area (Å²) in [7, 11) is -11.2. The van der Waals surface area contributed by atoms with Crippen molar-refractivity contribution < 1.29 is 30.0 Å². The summed E-state index contributed by atoms with van der Waals surface area (Å²) < 4.78 is 81.9. The van der Waals surface area contributed by atoms with Gasteiger partial charge in [-0.05, 0) is 12.1 Å². The van der Waals surface area contributed by atoms with Crippen molar-refractivity contribution in [2.45, 2.75) is 10.4 Å². The van der Waals surface area contributed by atoms with Crippen molar-refractivity contribution >= 4 is 25.7 Å². The molecule has 0 aliphatic heterocycles. The molecule has 12 heteroatoms. The van der Waals surface area contributed by atoms with Gasteiger partial charge in [0.25, 0.3) is 0 Å². The zero-order chi connectivity index (χ0) is 14.9. The third-order valence-corrected chi connectivity index (χ3v) is 4.76. The zero-order valence-corrected chi connectivity index (χ0v) is 10.4. The lowest BCUT2D eigenvalue weighted by Gasteiger charge is -2.21. The number of alkyl halides is 3. The smallest absolute Gasteiger partial charge is 0.424 e. The molecule has 0 aliphatic rings. The third kappa shape index (κ3) is 3.40. The van der Waals surface area contributed by atoms with Crippen LogP contribution in [0, 0.1) is 5.39 Å². The fraction of sp³-hybridized carbons (Fsp3) is 0.143. The van der Waals surface area contributed by atoms with E-state index in [2.05, 4.69) is 4.98 Å². The van der Waals surface area contributed by atoms with Gasteiger partial charge in [-0.25, -0.2) is 16.8 Å². The SMILES string of the molecule is N#[N+]c1ccc(S(=O)(=O)[N-]S(=O)(=O)C(F)(F)F)cc1. The Bertz CT molecular complexity index is 716. The predicted octanol–water partition coefficient (Wildman–Crippen LogP) is 2.08. The molecule has 0 saturated carbocycles. The number of hydrogen-bond donors (Lipinski definition) is 0. The van der Waals surface area contributed by atoms with Crippen molar-refractivity contribution in [1.29, 1.82) is 5.39 Å². The molecule has 1 rings (SSSR count). The monoisotopic (exact) mass is 315 g/mol. The van der Waals surface area contributed by atoms with Crippen LogP contribution in [0.15, 0.2) is 29.2 Å². The molecule has 19 heavy (non-hydrogen) atoms. The number of nitrogens with zero attached hydrogens (tertiary/aromatic N) is 3. The predicted molar refractivity (Wildman–Crippen MR) is 56.7 cm³/mol. The third-order valence-electron chi connectivity index (χ3n) is 1.74. The number of diazo groups is 1. The van der Waals surface area contributed by atoms with Crippen LogP contribution in [-0.2, 0) is 20.0 Å². The Hall–Kier alpha value is -1.71. The lowest BCUT2D eigenvalue weighted by Crippen LogP contribution is -2.24. The summed E-state index contributed by atoms with van der Waals surface area (Å²) in [5.41, 5.74) is -5.88. The standard InChI is InChI=1S/C7H4F3N3O4S2/c8-7(9,10)19(16,17)13-18(14,15)6-3-1-5(12-11)2-4-6/h1-4H. The summed E-state index contributed by atoms with van der Waals surface area (Å²) in [4.78, 5) is 1.90. The van der Waals surface area contributed by atoms with Gasteiger partial charge in [-0.2, -0.15) is 13.2 Å². The average molecular weight is 315 g/mol. The van der Waals surface area contributed by atoms with E-state index in [9.17, 15) is 30.0 Å². The van der Waals surface area contributed by atoms with E-state index in [1.807, 2.05) is 4.13 Å². The molecular formula is C7H4F3N3O4S2. The van der Waals surface area contributed by atoms with Gasteiger partial charge in [0.15, 0.2) is 15.0 Å². The summed E-state index contributed by atoms with van der Waals surface area (Å²) >= 11 is 0. The van der Waals surface area contributed by atoms with Crippen LogP contribution >= 0.6 is 0 Å². The van der Waals surface area contributed by atoms with Crippen molar-refractivity contribution in [2.24, 2.45) is 0 Å². The quantitative estimate of drug-likeness (QED) is 0.793. The number of sulfonamides is 2. The molecule has 0 heterocycles. The van der Waals surface area contributed by atoms with Gasteiger partial charge in [-0.15, -0.1) is 0 Å².